The Morgan fingerprint density at radius 3 is 2.45 bits per heavy atom. The molecule has 0 aliphatic heterocycles. The number of hydrogen-bond acceptors (Lipinski definition) is 6. The number of carbonyl (C=O) groups excluding carboxylic acids is 2. The van der Waals surface area contributed by atoms with Gasteiger partial charge in [-0.25, -0.2) is 22.3 Å². The van der Waals surface area contributed by atoms with E-state index in [9.17, 15) is 22.4 Å². The Kier molecular flexibility index (Phi) is 8.40. The largest absolute Gasteiger partial charge is 0.495 e. The Morgan fingerprint density at radius 1 is 1.09 bits per heavy atom. The summed E-state index contributed by atoms with van der Waals surface area (Å²) in [5, 5.41) is 2.61. The molecule has 1 saturated carbocycles. The van der Waals surface area contributed by atoms with Crippen molar-refractivity contribution in [2.24, 2.45) is 0 Å². The van der Waals surface area contributed by atoms with Crippen LogP contribution in [0.3, 0.4) is 0 Å². The zero-order chi connectivity index (χ0) is 23.8. The summed E-state index contributed by atoms with van der Waals surface area (Å²) in [5.41, 5.74) is 0.841. The summed E-state index contributed by atoms with van der Waals surface area (Å²) in [6.07, 6.45) is 3.94. The fraction of sp³-hybridized carbons (Fsp3) is 0.391. The fourth-order valence-corrected chi connectivity index (χ4v) is 5.10. The van der Waals surface area contributed by atoms with E-state index in [0.717, 1.165) is 31.2 Å². The maximum atomic E-state index is 12.9. The average molecular weight is 479 g/mol. The predicted molar refractivity (Wildman–Crippen MR) is 119 cm³/mol. The van der Waals surface area contributed by atoms with Gasteiger partial charge in [-0.15, -0.1) is 0 Å². The lowest BCUT2D eigenvalue weighted by Crippen LogP contribution is -2.33. The number of sulfonamides is 1. The first-order chi connectivity index (χ1) is 15.8. The molecule has 178 valence electrons. The van der Waals surface area contributed by atoms with Crippen LogP contribution in [0.5, 0.6) is 5.75 Å². The minimum atomic E-state index is -3.90. The Bertz CT molecular complexity index is 1080. The summed E-state index contributed by atoms with van der Waals surface area (Å²) >= 11 is 0. The molecule has 1 aliphatic rings. The molecule has 0 spiro atoms. The highest BCUT2D eigenvalue weighted by Crippen LogP contribution is 2.27. The molecule has 0 atom stereocenters. The molecule has 1 fully saturated rings. The van der Waals surface area contributed by atoms with Crippen LogP contribution >= 0.6 is 0 Å². The second-order valence-electron chi connectivity index (χ2n) is 7.77. The Hall–Kier alpha value is -2.98. The van der Waals surface area contributed by atoms with E-state index in [1.807, 2.05) is 0 Å². The molecule has 3 rings (SSSR count). The van der Waals surface area contributed by atoms with E-state index in [0.29, 0.717) is 13.0 Å². The molecule has 2 N–H and O–H groups in total. The van der Waals surface area contributed by atoms with Crippen LogP contribution in [0.15, 0.2) is 47.4 Å². The predicted octanol–water partition coefficient (Wildman–Crippen LogP) is 2.57. The number of methoxy groups -OCH3 is 1. The van der Waals surface area contributed by atoms with Crippen molar-refractivity contribution in [3.8, 4) is 5.75 Å². The first-order valence-electron chi connectivity index (χ1n) is 10.7. The van der Waals surface area contributed by atoms with Gasteiger partial charge in [0.25, 0.3) is 5.91 Å². The third-order valence-electron chi connectivity index (χ3n) is 5.35. The summed E-state index contributed by atoms with van der Waals surface area (Å²) in [6, 6.07) is 9.72. The second-order valence-corrected chi connectivity index (χ2v) is 9.45. The molecule has 0 heterocycles. The lowest BCUT2D eigenvalue weighted by Gasteiger charge is -2.15. The molecule has 10 heteroatoms. The number of benzene rings is 2. The highest BCUT2D eigenvalue weighted by atomic mass is 32.2. The summed E-state index contributed by atoms with van der Waals surface area (Å²) in [7, 11) is -2.55. The number of amides is 1. The van der Waals surface area contributed by atoms with Gasteiger partial charge in [0.15, 0.2) is 6.61 Å². The van der Waals surface area contributed by atoms with Crippen molar-refractivity contribution < 1.29 is 31.9 Å². The first kappa shape index (κ1) is 24.7. The number of ether oxygens (including phenoxy) is 2. The molecular formula is C23H27FN2O6S. The first-order valence-corrected chi connectivity index (χ1v) is 12.2. The topological polar surface area (TPSA) is 111 Å². The molecule has 0 radical (unpaired) electrons. The van der Waals surface area contributed by atoms with Crippen molar-refractivity contribution >= 4 is 21.9 Å². The molecule has 1 amide bonds. The van der Waals surface area contributed by atoms with Crippen molar-refractivity contribution in [2.75, 3.05) is 20.3 Å². The van der Waals surface area contributed by atoms with Gasteiger partial charge in [-0.3, -0.25) is 4.79 Å². The molecule has 1 aliphatic carbocycles. The van der Waals surface area contributed by atoms with E-state index in [4.69, 9.17) is 9.47 Å². The van der Waals surface area contributed by atoms with Gasteiger partial charge in [0.05, 0.1) is 12.7 Å². The normalized spacial score (nSPS) is 14.1. The van der Waals surface area contributed by atoms with Crippen LogP contribution in [0, 0.1) is 5.82 Å². The van der Waals surface area contributed by atoms with Crippen molar-refractivity contribution in [3.05, 3.63) is 59.4 Å². The molecule has 0 aromatic heterocycles. The number of hydrogen-bond donors (Lipinski definition) is 2. The number of halogens is 1. The highest BCUT2D eigenvalue weighted by Gasteiger charge is 2.27. The molecule has 0 bridgehead atoms. The third-order valence-corrected chi connectivity index (χ3v) is 6.89. The van der Waals surface area contributed by atoms with E-state index in [-0.39, 0.29) is 28.1 Å². The lowest BCUT2D eigenvalue weighted by atomic mass is 10.1. The lowest BCUT2D eigenvalue weighted by molar-refractivity contribution is -0.124. The fourth-order valence-electron chi connectivity index (χ4n) is 3.60. The highest BCUT2D eigenvalue weighted by molar-refractivity contribution is 7.89. The van der Waals surface area contributed by atoms with Gasteiger partial charge in [0.2, 0.25) is 10.0 Å². The van der Waals surface area contributed by atoms with Gasteiger partial charge in [0.1, 0.15) is 16.5 Å². The molecule has 33 heavy (non-hydrogen) atoms. The SMILES string of the molecule is COc1ccc(C(=O)OCC(=O)NCCc2ccc(F)cc2)cc1S(=O)(=O)NC1CCCC1. The van der Waals surface area contributed by atoms with Crippen LogP contribution < -0.4 is 14.8 Å². The zero-order valence-electron chi connectivity index (χ0n) is 18.3. The average Bonchev–Trinajstić information content (AvgIpc) is 3.30. The van der Waals surface area contributed by atoms with E-state index in [1.54, 1.807) is 12.1 Å². The Labute approximate surface area is 192 Å². The summed E-state index contributed by atoms with van der Waals surface area (Å²) in [6.45, 7) is -0.226. The smallest absolute Gasteiger partial charge is 0.338 e. The van der Waals surface area contributed by atoms with E-state index in [2.05, 4.69) is 10.0 Å². The van der Waals surface area contributed by atoms with E-state index >= 15 is 0 Å². The van der Waals surface area contributed by atoms with Gasteiger partial charge in [-0.2, -0.15) is 0 Å². The van der Waals surface area contributed by atoms with Gasteiger partial charge in [0, 0.05) is 12.6 Å². The van der Waals surface area contributed by atoms with Crippen LogP contribution in [0.4, 0.5) is 4.39 Å². The Balaban J connectivity index is 1.56. The second kappa shape index (κ2) is 11.2. The minimum Gasteiger partial charge on any atom is -0.495 e. The standard InChI is InChI=1S/C23H27FN2O6S/c1-31-20-11-8-17(14-21(20)33(29,30)26-19-4-2-3-5-19)23(28)32-15-22(27)25-13-12-16-6-9-18(24)10-7-16/h6-11,14,19,26H,2-5,12-13,15H2,1H3,(H,25,27). The van der Waals surface area contributed by atoms with Gasteiger partial charge < -0.3 is 14.8 Å². The summed E-state index contributed by atoms with van der Waals surface area (Å²) < 4.78 is 51.4. The molecule has 0 unspecified atom stereocenters. The van der Waals surface area contributed by atoms with Crippen LogP contribution in [0.1, 0.15) is 41.6 Å². The van der Waals surface area contributed by atoms with Gasteiger partial charge in [-0.05, 0) is 55.2 Å². The van der Waals surface area contributed by atoms with Crippen LogP contribution in [0.2, 0.25) is 0 Å². The molecular weight excluding hydrogens is 451 g/mol. The van der Waals surface area contributed by atoms with Crippen molar-refractivity contribution in [1.29, 1.82) is 0 Å². The quantitative estimate of drug-likeness (QED) is 0.508. The number of nitrogens with one attached hydrogen (secondary N) is 2. The van der Waals surface area contributed by atoms with Crippen LogP contribution in [0.25, 0.3) is 0 Å². The third kappa shape index (κ3) is 7.00. The molecule has 8 nitrogen and oxygen atoms in total. The van der Waals surface area contributed by atoms with E-state index < -0.39 is 28.5 Å². The van der Waals surface area contributed by atoms with Crippen LogP contribution in [-0.2, 0) is 26.0 Å². The van der Waals surface area contributed by atoms with Gasteiger partial charge >= 0.3 is 5.97 Å². The Morgan fingerprint density at radius 2 is 1.79 bits per heavy atom. The summed E-state index contributed by atoms with van der Waals surface area (Å²) in [5.74, 6) is -1.56. The summed E-state index contributed by atoms with van der Waals surface area (Å²) in [4.78, 5) is 24.2. The minimum absolute atomic E-state index is 0.0123. The van der Waals surface area contributed by atoms with Crippen molar-refractivity contribution in [1.82, 2.24) is 10.0 Å². The monoisotopic (exact) mass is 478 g/mol. The molecule has 2 aromatic carbocycles. The maximum Gasteiger partial charge on any atom is 0.338 e. The molecule has 0 saturated heterocycles. The molecule has 2 aromatic rings. The zero-order valence-corrected chi connectivity index (χ0v) is 19.1. The number of rotatable bonds is 10. The van der Waals surface area contributed by atoms with Crippen molar-refractivity contribution in [2.45, 2.75) is 43.0 Å². The van der Waals surface area contributed by atoms with Crippen molar-refractivity contribution in [3.63, 3.8) is 0 Å². The van der Waals surface area contributed by atoms with E-state index in [1.165, 1.54) is 37.4 Å². The number of carbonyl (C=O) groups is 2. The van der Waals surface area contributed by atoms with Gasteiger partial charge in [-0.1, -0.05) is 25.0 Å². The van der Waals surface area contributed by atoms with Crippen LogP contribution in [-0.4, -0.2) is 46.6 Å². The number of esters is 1. The maximum absolute atomic E-state index is 12.9.